The maximum Gasteiger partial charge on any atom is 0.223 e. The van der Waals surface area contributed by atoms with Crippen LogP contribution < -0.4 is 5.32 Å². The largest absolute Gasteiger partial charge is 0.356 e. The molecule has 1 amide bonds. The molecule has 0 radical (unpaired) electrons. The highest BCUT2D eigenvalue weighted by atomic mass is 79.9. The van der Waals surface area contributed by atoms with E-state index in [-0.39, 0.29) is 11.8 Å². The number of hydrogen-bond donors (Lipinski definition) is 1. The van der Waals surface area contributed by atoms with E-state index >= 15 is 0 Å². The van der Waals surface area contributed by atoms with E-state index < -0.39 is 0 Å². The SMILES string of the molecule is CC(Br)CCNC(=O)C1CCc2ccccc2C1. The standard InChI is InChI=1S/C15H20BrNO/c1-11(16)8-9-17-15(18)14-7-6-12-4-2-3-5-13(12)10-14/h2-5,11,14H,6-10H2,1H3,(H,17,18). The van der Waals surface area contributed by atoms with Gasteiger partial charge in [0, 0.05) is 17.3 Å². The molecule has 1 aliphatic rings. The molecule has 18 heavy (non-hydrogen) atoms. The molecule has 0 heterocycles. The van der Waals surface area contributed by atoms with Crippen LogP contribution in [-0.2, 0) is 17.6 Å². The fourth-order valence-corrected chi connectivity index (χ4v) is 2.69. The lowest BCUT2D eigenvalue weighted by Crippen LogP contribution is -2.35. The second-order valence-electron chi connectivity index (χ2n) is 5.07. The van der Waals surface area contributed by atoms with Crippen LogP contribution in [-0.4, -0.2) is 17.3 Å². The van der Waals surface area contributed by atoms with Crippen molar-refractivity contribution >= 4 is 21.8 Å². The van der Waals surface area contributed by atoms with Crippen LogP contribution in [0.4, 0.5) is 0 Å². The molecular formula is C15H20BrNO. The summed E-state index contributed by atoms with van der Waals surface area (Å²) in [6.07, 6.45) is 3.89. The number of aryl methyl sites for hydroxylation is 1. The van der Waals surface area contributed by atoms with Crippen molar-refractivity contribution in [1.29, 1.82) is 0 Å². The molecule has 0 saturated carbocycles. The zero-order valence-electron chi connectivity index (χ0n) is 10.8. The second kappa shape index (κ2) is 6.37. The lowest BCUT2D eigenvalue weighted by molar-refractivity contribution is -0.125. The van der Waals surface area contributed by atoms with E-state index in [1.165, 1.54) is 11.1 Å². The molecule has 0 aromatic heterocycles. The molecule has 0 aliphatic heterocycles. The minimum atomic E-state index is 0.158. The molecule has 1 aliphatic carbocycles. The van der Waals surface area contributed by atoms with Gasteiger partial charge in [-0.1, -0.05) is 47.1 Å². The lowest BCUT2D eigenvalue weighted by Gasteiger charge is -2.23. The molecule has 2 rings (SSSR count). The van der Waals surface area contributed by atoms with Gasteiger partial charge < -0.3 is 5.32 Å². The van der Waals surface area contributed by atoms with Crippen LogP contribution in [0.25, 0.3) is 0 Å². The van der Waals surface area contributed by atoms with Gasteiger partial charge in [-0.3, -0.25) is 4.79 Å². The van der Waals surface area contributed by atoms with E-state index in [2.05, 4.69) is 52.4 Å². The zero-order valence-corrected chi connectivity index (χ0v) is 12.4. The average Bonchev–Trinajstić information content (AvgIpc) is 2.37. The summed E-state index contributed by atoms with van der Waals surface area (Å²) in [6, 6.07) is 8.47. The highest BCUT2D eigenvalue weighted by Gasteiger charge is 2.23. The molecule has 3 heteroatoms. The Bertz CT molecular complexity index is 417. The van der Waals surface area contributed by atoms with Crippen LogP contribution in [0.3, 0.4) is 0 Å². The molecule has 2 nitrogen and oxygen atoms in total. The number of carbonyl (C=O) groups is 1. The van der Waals surface area contributed by atoms with Gasteiger partial charge in [-0.15, -0.1) is 0 Å². The van der Waals surface area contributed by atoms with Gasteiger partial charge in [0.15, 0.2) is 0 Å². The molecule has 2 atom stereocenters. The minimum absolute atomic E-state index is 0.158. The Morgan fingerprint density at radius 1 is 1.44 bits per heavy atom. The van der Waals surface area contributed by atoms with E-state index in [1.807, 2.05) is 0 Å². The van der Waals surface area contributed by atoms with Gasteiger partial charge in [0.1, 0.15) is 0 Å². The summed E-state index contributed by atoms with van der Waals surface area (Å²) < 4.78 is 0. The van der Waals surface area contributed by atoms with Crippen molar-refractivity contribution in [3.63, 3.8) is 0 Å². The number of amides is 1. The molecule has 0 saturated heterocycles. The van der Waals surface area contributed by atoms with E-state index in [1.54, 1.807) is 0 Å². The molecule has 2 unspecified atom stereocenters. The first-order valence-electron chi connectivity index (χ1n) is 6.65. The first kappa shape index (κ1) is 13.6. The van der Waals surface area contributed by atoms with Gasteiger partial charge in [-0.2, -0.15) is 0 Å². The van der Waals surface area contributed by atoms with Crippen molar-refractivity contribution in [3.8, 4) is 0 Å². The second-order valence-corrected chi connectivity index (χ2v) is 6.63. The van der Waals surface area contributed by atoms with E-state index in [0.29, 0.717) is 4.83 Å². The Hall–Kier alpha value is -0.830. The minimum Gasteiger partial charge on any atom is -0.356 e. The third-order valence-electron chi connectivity index (χ3n) is 3.56. The average molecular weight is 310 g/mol. The number of benzene rings is 1. The van der Waals surface area contributed by atoms with Crippen LogP contribution in [0, 0.1) is 5.92 Å². The number of alkyl halides is 1. The molecule has 1 aromatic carbocycles. The molecule has 0 fully saturated rings. The highest BCUT2D eigenvalue weighted by molar-refractivity contribution is 9.09. The predicted molar refractivity (Wildman–Crippen MR) is 78.0 cm³/mol. The number of carbonyl (C=O) groups excluding carboxylic acids is 1. The van der Waals surface area contributed by atoms with Gasteiger partial charge in [-0.25, -0.2) is 0 Å². The van der Waals surface area contributed by atoms with Crippen LogP contribution in [0.5, 0.6) is 0 Å². The number of nitrogens with one attached hydrogen (secondary N) is 1. The molecule has 0 bridgehead atoms. The number of halogens is 1. The van der Waals surface area contributed by atoms with Crippen molar-refractivity contribution < 1.29 is 4.79 Å². The number of hydrogen-bond acceptors (Lipinski definition) is 1. The Balaban J connectivity index is 1.87. The van der Waals surface area contributed by atoms with Crippen LogP contribution >= 0.6 is 15.9 Å². The first-order valence-corrected chi connectivity index (χ1v) is 7.57. The van der Waals surface area contributed by atoms with Gasteiger partial charge in [-0.05, 0) is 36.8 Å². The van der Waals surface area contributed by atoms with E-state index in [9.17, 15) is 4.79 Å². The summed E-state index contributed by atoms with van der Waals surface area (Å²) in [4.78, 5) is 12.5. The fourth-order valence-electron chi connectivity index (χ4n) is 2.46. The molecular weight excluding hydrogens is 290 g/mol. The Morgan fingerprint density at radius 3 is 2.89 bits per heavy atom. The molecule has 0 spiro atoms. The van der Waals surface area contributed by atoms with Crippen LogP contribution in [0.2, 0.25) is 0 Å². The third kappa shape index (κ3) is 3.58. The van der Waals surface area contributed by atoms with Crippen molar-refractivity contribution in [2.24, 2.45) is 5.92 Å². The lowest BCUT2D eigenvalue weighted by atomic mass is 9.83. The van der Waals surface area contributed by atoms with Gasteiger partial charge in [0.25, 0.3) is 0 Å². The molecule has 1 aromatic rings. The topological polar surface area (TPSA) is 29.1 Å². The summed E-state index contributed by atoms with van der Waals surface area (Å²) in [5.41, 5.74) is 2.76. The maximum absolute atomic E-state index is 12.1. The third-order valence-corrected chi connectivity index (χ3v) is 4.02. The Kier molecular flexibility index (Phi) is 4.81. The normalized spacial score (nSPS) is 20.0. The van der Waals surface area contributed by atoms with Crippen molar-refractivity contribution in [1.82, 2.24) is 5.32 Å². The van der Waals surface area contributed by atoms with E-state index in [4.69, 9.17) is 0 Å². The monoisotopic (exact) mass is 309 g/mol. The number of rotatable bonds is 4. The Morgan fingerprint density at radius 2 is 2.17 bits per heavy atom. The van der Waals surface area contributed by atoms with Gasteiger partial charge in [0.05, 0.1) is 0 Å². The number of fused-ring (bicyclic) bond motifs is 1. The van der Waals surface area contributed by atoms with Crippen molar-refractivity contribution in [2.45, 2.75) is 37.4 Å². The maximum atomic E-state index is 12.1. The van der Waals surface area contributed by atoms with E-state index in [0.717, 1.165) is 32.2 Å². The predicted octanol–water partition coefficient (Wildman–Crippen LogP) is 3.08. The highest BCUT2D eigenvalue weighted by Crippen LogP contribution is 2.25. The summed E-state index contributed by atoms with van der Waals surface area (Å²) >= 11 is 3.49. The summed E-state index contributed by atoms with van der Waals surface area (Å²) in [5, 5.41) is 3.05. The summed E-state index contributed by atoms with van der Waals surface area (Å²) in [5.74, 6) is 0.378. The van der Waals surface area contributed by atoms with Gasteiger partial charge in [0.2, 0.25) is 5.91 Å². The fraction of sp³-hybridized carbons (Fsp3) is 0.533. The molecule has 98 valence electrons. The summed E-state index contributed by atoms with van der Waals surface area (Å²) in [6.45, 7) is 2.87. The first-order chi connectivity index (χ1) is 8.66. The van der Waals surface area contributed by atoms with Crippen molar-refractivity contribution in [3.05, 3.63) is 35.4 Å². The summed E-state index contributed by atoms with van der Waals surface area (Å²) in [7, 11) is 0. The van der Waals surface area contributed by atoms with Crippen molar-refractivity contribution in [2.75, 3.05) is 6.54 Å². The van der Waals surface area contributed by atoms with Crippen LogP contribution in [0.1, 0.15) is 30.9 Å². The molecule has 1 N–H and O–H groups in total. The Labute approximate surface area is 117 Å². The van der Waals surface area contributed by atoms with Crippen LogP contribution in [0.15, 0.2) is 24.3 Å². The zero-order chi connectivity index (χ0) is 13.0. The quantitative estimate of drug-likeness (QED) is 0.851. The smallest absolute Gasteiger partial charge is 0.223 e. The van der Waals surface area contributed by atoms with Gasteiger partial charge >= 0.3 is 0 Å².